The van der Waals surface area contributed by atoms with E-state index in [2.05, 4.69) is 23.8 Å². The van der Waals surface area contributed by atoms with E-state index in [9.17, 15) is 13.2 Å². The van der Waals surface area contributed by atoms with Crippen LogP contribution in [0, 0.1) is 0 Å². The molecule has 0 saturated heterocycles. The Labute approximate surface area is 177 Å². The number of hydrogen-bond donors (Lipinski definition) is 0. The molecule has 0 aliphatic heterocycles. The summed E-state index contributed by atoms with van der Waals surface area (Å²) in [6, 6.07) is 7.52. The zero-order valence-electron chi connectivity index (χ0n) is 18.1. The summed E-state index contributed by atoms with van der Waals surface area (Å²) in [5.74, 6) is -0.191. The molecule has 0 aliphatic rings. The molecule has 0 N–H and O–H groups in total. The molecule has 0 amide bonds. The van der Waals surface area contributed by atoms with Crippen molar-refractivity contribution < 1.29 is 17.9 Å². The highest BCUT2D eigenvalue weighted by atomic mass is 19.4. The Kier molecular flexibility index (Phi) is 9.40. The molecule has 0 bridgehead atoms. The molecule has 2 rings (SSSR count). The van der Waals surface area contributed by atoms with E-state index in [0.717, 1.165) is 68.8 Å². The number of para-hydroxylation sites is 1. The fourth-order valence-electron chi connectivity index (χ4n) is 3.30. The number of ether oxygens (including phenoxy) is 1. The first-order valence-corrected chi connectivity index (χ1v) is 10.8. The maximum absolute atomic E-state index is 13.6. The van der Waals surface area contributed by atoms with Crippen LogP contribution in [-0.4, -0.2) is 23.6 Å². The van der Waals surface area contributed by atoms with Crippen LogP contribution in [0.25, 0.3) is 0 Å². The number of aryl methyl sites for hydroxylation is 1. The summed E-state index contributed by atoms with van der Waals surface area (Å²) in [5, 5.41) is 0. The molecular formula is C23H32F3N3O. The van der Waals surface area contributed by atoms with Gasteiger partial charge in [-0.25, -0.2) is 4.98 Å². The summed E-state index contributed by atoms with van der Waals surface area (Å²) in [6.45, 7) is 4.61. The van der Waals surface area contributed by atoms with E-state index in [0.29, 0.717) is 6.61 Å². The summed E-state index contributed by atoms with van der Waals surface area (Å²) in [6.07, 6.45) is 4.29. The van der Waals surface area contributed by atoms with Crippen LogP contribution in [-0.2, 0) is 12.6 Å². The Balaban J connectivity index is 2.31. The van der Waals surface area contributed by atoms with Crippen LogP contribution in [0.2, 0.25) is 0 Å². The van der Waals surface area contributed by atoms with Gasteiger partial charge in [0.05, 0.1) is 6.61 Å². The topological polar surface area (TPSA) is 38.2 Å². The molecular weight excluding hydrogens is 391 g/mol. The Morgan fingerprint density at radius 2 is 1.67 bits per heavy atom. The lowest BCUT2D eigenvalue weighted by atomic mass is 10.0. The molecule has 4 nitrogen and oxygen atoms in total. The predicted molar refractivity (Wildman–Crippen MR) is 114 cm³/mol. The van der Waals surface area contributed by atoms with Crippen molar-refractivity contribution >= 4 is 11.5 Å². The number of halogens is 3. The monoisotopic (exact) mass is 423 g/mol. The number of aromatic nitrogens is 2. The maximum atomic E-state index is 13.6. The van der Waals surface area contributed by atoms with Crippen LogP contribution in [0.3, 0.4) is 0 Å². The third-order valence-corrected chi connectivity index (χ3v) is 5.00. The number of unbranched alkanes of at least 4 members (excludes halogenated alkanes) is 5. The van der Waals surface area contributed by atoms with Crippen molar-refractivity contribution in [1.29, 1.82) is 0 Å². The van der Waals surface area contributed by atoms with Gasteiger partial charge in [0.2, 0.25) is 0 Å². The van der Waals surface area contributed by atoms with Gasteiger partial charge in [0.15, 0.2) is 5.82 Å². The highest BCUT2D eigenvalue weighted by Crippen LogP contribution is 2.38. The molecule has 2 aromatic rings. The minimum atomic E-state index is -4.56. The molecule has 0 fully saturated rings. The normalized spacial score (nSPS) is 11.5. The van der Waals surface area contributed by atoms with E-state index in [1.807, 2.05) is 24.3 Å². The number of rotatable bonds is 12. The molecule has 0 spiro atoms. The van der Waals surface area contributed by atoms with Crippen molar-refractivity contribution in [2.75, 3.05) is 18.6 Å². The van der Waals surface area contributed by atoms with Gasteiger partial charge in [0.1, 0.15) is 5.56 Å². The van der Waals surface area contributed by atoms with E-state index in [-0.39, 0.29) is 11.8 Å². The Morgan fingerprint density at radius 3 is 2.37 bits per heavy atom. The molecule has 1 heterocycles. The van der Waals surface area contributed by atoms with Gasteiger partial charge in [0, 0.05) is 18.9 Å². The van der Waals surface area contributed by atoms with E-state index in [1.54, 1.807) is 7.05 Å². The van der Waals surface area contributed by atoms with E-state index in [1.165, 1.54) is 4.90 Å². The average Bonchev–Trinajstić information content (AvgIpc) is 2.73. The number of alkyl halides is 3. The highest BCUT2D eigenvalue weighted by Gasteiger charge is 2.37. The van der Waals surface area contributed by atoms with Crippen LogP contribution < -0.4 is 9.64 Å². The Morgan fingerprint density at radius 1 is 0.967 bits per heavy atom. The van der Waals surface area contributed by atoms with Gasteiger partial charge in [-0.1, -0.05) is 64.2 Å². The van der Waals surface area contributed by atoms with Crippen molar-refractivity contribution in [1.82, 2.24) is 9.97 Å². The Bertz CT molecular complexity index is 781. The number of nitrogens with zero attached hydrogens (tertiary/aromatic N) is 3. The van der Waals surface area contributed by atoms with Gasteiger partial charge >= 0.3 is 12.2 Å². The first-order chi connectivity index (χ1) is 14.4. The third kappa shape index (κ3) is 6.89. The maximum Gasteiger partial charge on any atom is 0.421 e. The molecule has 1 aromatic heterocycles. The molecule has 0 radical (unpaired) electrons. The zero-order chi connectivity index (χ0) is 22.0. The van der Waals surface area contributed by atoms with Crippen LogP contribution in [0.1, 0.15) is 69.9 Å². The van der Waals surface area contributed by atoms with Gasteiger partial charge in [-0.15, -0.1) is 0 Å². The molecule has 166 valence electrons. The van der Waals surface area contributed by atoms with Crippen LogP contribution in [0.15, 0.2) is 30.5 Å². The van der Waals surface area contributed by atoms with Crippen molar-refractivity contribution in [3.05, 3.63) is 41.6 Å². The zero-order valence-corrected chi connectivity index (χ0v) is 18.1. The van der Waals surface area contributed by atoms with Crippen molar-refractivity contribution in [2.24, 2.45) is 0 Å². The van der Waals surface area contributed by atoms with Gasteiger partial charge in [-0.2, -0.15) is 18.2 Å². The highest BCUT2D eigenvalue weighted by molar-refractivity contribution is 5.66. The van der Waals surface area contributed by atoms with Crippen LogP contribution >= 0.6 is 0 Å². The smallest absolute Gasteiger partial charge is 0.421 e. The van der Waals surface area contributed by atoms with Gasteiger partial charge in [-0.3, -0.25) is 0 Å². The molecule has 0 unspecified atom stereocenters. The number of anilines is 2. The average molecular weight is 424 g/mol. The van der Waals surface area contributed by atoms with E-state index in [4.69, 9.17) is 4.74 Å². The second kappa shape index (κ2) is 11.8. The fraction of sp³-hybridized carbons (Fsp3) is 0.565. The third-order valence-electron chi connectivity index (χ3n) is 5.00. The summed E-state index contributed by atoms with van der Waals surface area (Å²) in [7, 11) is 1.61. The van der Waals surface area contributed by atoms with Gasteiger partial charge in [-0.05, 0) is 30.9 Å². The van der Waals surface area contributed by atoms with Crippen LogP contribution in [0.5, 0.6) is 6.01 Å². The lowest BCUT2D eigenvalue weighted by molar-refractivity contribution is -0.137. The molecule has 0 aliphatic carbocycles. The minimum Gasteiger partial charge on any atom is -0.463 e. The van der Waals surface area contributed by atoms with Crippen molar-refractivity contribution in [3.8, 4) is 6.01 Å². The second-order valence-electron chi connectivity index (χ2n) is 7.44. The van der Waals surface area contributed by atoms with E-state index < -0.39 is 11.7 Å². The van der Waals surface area contributed by atoms with Crippen molar-refractivity contribution in [2.45, 2.75) is 71.4 Å². The summed E-state index contributed by atoms with van der Waals surface area (Å²) in [5.41, 5.74) is 0.857. The molecule has 0 atom stereocenters. The van der Waals surface area contributed by atoms with E-state index >= 15 is 0 Å². The quantitative estimate of drug-likeness (QED) is 0.346. The molecule has 0 saturated carbocycles. The molecule has 1 aromatic carbocycles. The SMILES string of the molecule is CCCCCCc1ccccc1N(C)c1nc(OCCCCC)ncc1C(F)(F)F. The number of hydrogen-bond acceptors (Lipinski definition) is 4. The van der Waals surface area contributed by atoms with Gasteiger partial charge in [0.25, 0.3) is 0 Å². The lowest BCUT2D eigenvalue weighted by Gasteiger charge is -2.25. The number of benzene rings is 1. The largest absolute Gasteiger partial charge is 0.463 e. The van der Waals surface area contributed by atoms with Gasteiger partial charge < -0.3 is 9.64 Å². The first-order valence-electron chi connectivity index (χ1n) is 10.8. The van der Waals surface area contributed by atoms with Crippen LogP contribution in [0.4, 0.5) is 24.7 Å². The predicted octanol–water partition coefficient (Wildman–Crippen LogP) is 6.96. The standard InChI is InChI=1S/C23H32F3N3O/c1-4-6-8-9-13-18-14-10-11-15-20(18)29(3)21-19(23(24,25)26)17-27-22(28-21)30-16-12-7-5-2/h10-11,14-15,17H,4-9,12-13,16H2,1-3H3. The lowest BCUT2D eigenvalue weighted by Crippen LogP contribution is -2.20. The molecule has 30 heavy (non-hydrogen) atoms. The summed E-state index contributed by atoms with van der Waals surface area (Å²) < 4.78 is 46.5. The van der Waals surface area contributed by atoms with Crippen molar-refractivity contribution in [3.63, 3.8) is 0 Å². The Hall–Kier alpha value is -2.31. The molecule has 7 heteroatoms. The summed E-state index contributed by atoms with van der Waals surface area (Å²) >= 11 is 0. The summed E-state index contributed by atoms with van der Waals surface area (Å²) in [4.78, 5) is 9.43. The fourth-order valence-corrected chi connectivity index (χ4v) is 3.30. The second-order valence-corrected chi connectivity index (χ2v) is 7.44. The first kappa shape index (κ1) is 24.0. The minimum absolute atomic E-state index is 0.0265.